The number of hydrogen-bond donors (Lipinski definition) is 2. The van der Waals surface area contributed by atoms with E-state index in [4.69, 9.17) is 11.6 Å². The van der Waals surface area contributed by atoms with Crippen molar-refractivity contribution in [3.63, 3.8) is 0 Å². The van der Waals surface area contributed by atoms with Crippen molar-refractivity contribution in [2.24, 2.45) is 0 Å². The zero-order chi connectivity index (χ0) is 21.3. The molecule has 0 saturated heterocycles. The third-order valence-corrected chi connectivity index (χ3v) is 5.95. The number of benzene rings is 2. The van der Waals surface area contributed by atoms with E-state index >= 15 is 0 Å². The Morgan fingerprint density at radius 1 is 1.07 bits per heavy atom. The summed E-state index contributed by atoms with van der Waals surface area (Å²) in [6, 6.07) is 9.70. The Labute approximate surface area is 171 Å². The van der Waals surface area contributed by atoms with Crippen LogP contribution < -0.4 is 14.9 Å². The minimum atomic E-state index is -3.74. The third-order valence-electron chi connectivity index (χ3n) is 3.89. The summed E-state index contributed by atoms with van der Waals surface area (Å²) in [6.07, 6.45) is 0. The van der Waals surface area contributed by atoms with Crippen molar-refractivity contribution in [3.05, 3.63) is 52.5 Å². The number of carbonyl (C=O) groups excluding carboxylic acids is 1. The van der Waals surface area contributed by atoms with Gasteiger partial charge in [-0.3, -0.25) is 4.79 Å². The Morgan fingerprint density at radius 3 is 2.25 bits per heavy atom. The van der Waals surface area contributed by atoms with Gasteiger partial charge >= 0.3 is 0 Å². The molecule has 0 aliphatic rings. The molecule has 0 atom stereocenters. The Morgan fingerprint density at radius 2 is 1.71 bits per heavy atom. The number of rotatable bonds is 5. The highest BCUT2D eigenvalue weighted by atomic mass is 35.5. The van der Waals surface area contributed by atoms with Gasteiger partial charge < -0.3 is 10.2 Å². The van der Waals surface area contributed by atoms with Crippen LogP contribution in [0.3, 0.4) is 0 Å². The lowest BCUT2D eigenvalue weighted by Crippen LogP contribution is -2.40. The topological polar surface area (TPSA) is 78.5 Å². The molecule has 0 bridgehead atoms. The number of halogens is 1. The van der Waals surface area contributed by atoms with Gasteiger partial charge in [-0.1, -0.05) is 17.7 Å². The van der Waals surface area contributed by atoms with Gasteiger partial charge in [0.25, 0.3) is 5.91 Å². The average Bonchev–Trinajstić information content (AvgIpc) is 2.52. The van der Waals surface area contributed by atoms with Gasteiger partial charge in [-0.05, 0) is 63.6 Å². The predicted molar refractivity (Wildman–Crippen MR) is 115 cm³/mol. The van der Waals surface area contributed by atoms with Crippen LogP contribution in [0.25, 0.3) is 0 Å². The molecule has 0 saturated carbocycles. The van der Waals surface area contributed by atoms with E-state index in [0.29, 0.717) is 16.3 Å². The summed E-state index contributed by atoms with van der Waals surface area (Å²) in [4.78, 5) is 14.7. The number of nitrogens with one attached hydrogen (secondary N) is 2. The number of carbonyl (C=O) groups is 1. The molecule has 6 nitrogen and oxygen atoms in total. The summed E-state index contributed by atoms with van der Waals surface area (Å²) < 4.78 is 27.7. The molecular weight excluding hydrogens is 398 g/mol. The number of anilines is 2. The van der Waals surface area contributed by atoms with Crippen LogP contribution in [-0.2, 0) is 10.0 Å². The molecule has 1 amide bonds. The average molecular weight is 424 g/mol. The lowest BCUT2D eigenvalue weighted by Gasteiger charge is -2.21. The second kappa shape index (κ2) is 8.11. The number of hydrogen-bond acceptors (Lipinski definition) is 4. The first-order valence-corrected chi connectivity index (χ1v) is 10.6. The monoisotopic (exact) mass is 423 g/mol. The highest BCUT2D eigenvalue weighted by molar-refractivity contribution is 7.89. The smallest absolute Gasteiger partial charge is 0.255 e. The van der Waals surface area contributed by atoms with Crippen LogP contribution in [-0.4, -0.2) is 34.0 Å². The summed E-state index contributed by atoms with van der Waals surface area (Å²) in [5.41, 5.74) is 1.68. The van der Waals surface area contributed by atoms with Crippen molar-refractivity contribution in [1.29, 1.82) is 0 Å². The van der Waals surface area contributed by atoms with E-state index < -0.39 is 21.5 Å². The Bertz CT molecular complexity index is 996. The number of aryl methyl sites for hydroxylation is 1. The summed E-state index contributed by atoms with van der Waals surface area (Å²) in [5, 5.41) is 3.28. The second-order valence-electron chi connectivity index (χ2n) is 7.85. The molecule has 0 heterocycles. The van der Waals surface area contributed by atoms with Crippen molar-refractivity contribution in [2.75, 3.05) is 24.3 Å². The van der Waals surface area contributed by atoms with Crippen LogP contribution >= 0.6 is 11.6 Å². The molecule has 28 heavy (non-hydrogen) atoms. The summed E-state index contributed by atoms with van der Waals surface area (Å²) in [5.74, 6) is -0.404. The van der Waals surface area contributed by atoms with Crippen LogP contribution in [0.1, 0.15) is 36.7 Å². The minimum Gasteiger partial charge on any atom is -0.376 e. The van der Waals surface area contributed by atoms with Crippen molar-refractivity contribution in [1.82, 2.24) is 4.72 Å². The number of sulfonamides is 1. The largest absolute Gasteiger partial charge is 0.376 e. The van der Waals surface area contributed by atoms with Crippen LogP contribution in [0.15, 0.2) is 41.3 Å². The molecule has 152 valence electrons. The molecule has 2 aromatic carbocycles. The normalized spacial score (nSPS) is 12.0. The van der Waals surface area contributed by atoms with E-state index in [2.05, 4.69) is 10.0 Å². The summed E-state index contributed by atoms with van der Waals surface area (Å²) >= 11 is 6.25. The van der Waals surface area contributed by atoms with Gasteiger partial charge in [0.1, 0.15) is 0 Å². The Kier molecular flexibility index (Phi) is 6.43. The fourth-order valence-electron chi connectivity index (χ4n) is 2.62. The van der Waals surface area contributed by atoms with Crippen LogP contribution in [0, 0.1) is 6.92 Å². The first kappa shape index (κ1) is 22.2. The fourth-order valence-corrected chi connectivity index (χ4v) is 4.41. The quantitative estimate of drug-likeness (QED) is 0.760. The molecule has 2 aromatic rings. The van der Waals surface area contributed by atoms with Crippen LogP contribution in [0.2, 0.25) is 5.02 Å². The molecule has 0 radical (unpaired) electrons. The molecule has 0 spiro atoms. The first-order valence-electron chi connectivity index (χ1n) is 8.73. The van der Waals surface area contributed by atoms with E-state index in [-0.39, 0.29) is 10.5 Å². The van der Waals surface area contributed by atoms with Gasteiger partial charge in [-0.15, -0.1) is 0 Å². The highest BCUT2D eigenvalue weighted by Crippen LogP contribution is 2.28. The van der Waals surface area contributed by atoms with Crippen molar-refractivity contribution >= 4 is 38.9 Å². The minimum absolute atomic E-state index is 0.0409. The number of amides is 1. The van der Waals surface area contributed by atoms with Crippen molar-refractivity contribution in [2.45, 2.75) is 38.1 Å². The summed E-state index contributed by atoms with van der Waals surface area (Å²) in [6.45, 7) is 7.03. The Hall–Kier alpha value is -2.09. The van der Waals surface area contributed by atoms with Gasteiger partial charge in [0.05, 0.1) is 15.6 Å². The van der Waals surface area contributed by atoms with Gasteiger partial charge in [0.15, 0.2) is 0 Å². The first-order chi connectivity index (χ1) is 12.8. The van der Waals surface area contributed by atoms with Crippen molar-refractivity contribution in [3.8, 4) is 0 Å². The molecule has 2 N–H and O–H groups in total. The molecule has 2 rings (SSSR count). The highest BCUT2D eigenvalue weighted by Gasteiger charge is 2.23. The molecule has 0 unspecified atom stereocenters. The zero-order valence-corrected chi connectivity index (χ0v) is 18.5. The maximum absolute atomic E-state index is 12.7. The zero-order valence-electron chi connectivity index (χ0n) is 16.9. The standard InChI is InChI=1S/C20H26ClN3O3S/c1-13-7-9-15(28(26,27)23-20(2,3)4)12-16(13)19(25)22-14-8-10-18(24(5)6)17(21)11-14/h7-12,23H,1-6H3,(H,22,25). The summed E-state index contributed by atoms with van der Waals surface area (Å²) in [7, 11) is 0.00865. The van der Waals surface area contributed by atoms with E-state index in [1.807, 2.05) is 19.0 Å². The van der Waals surface area contributed by atoms with E-state index in [1.54, 1.807) is 52.0 Å². The third kappa shape index (κ3) is 5.47. The molecule has 0 fully saturated rings. The van der Waals surface area contributed by atoms with E-state index in [9.17, 15) is 13.2 Å². The SMILES string of the molecule is Cc1ccc(S(=O)(=O)NC(C)(C)C)cc1C(=O)Nc1ccc(N(C)C)c(Cl)c1. The fraction of sp³-hybridized carbons (Fsp3) is 0.350. The van der Waals surface area contributed by atoms with Crippen LogP contribution in [0.4, 0.5) is 11.4 Å². The van der Waals surface area contributed by atoms with Gasteiger partial charge in [-0.2, -0.15) is 0 Å². The van der Waals surface area contributed by atoms with E-state index in [1.165, 1.54) is 12.1 Å². The lowest BCUT2D eigenvalue weighted by atomic mass is 10.1. The maximum Gasteiger partial charge on any atom is 0.255 e. The van der Waals surface area contributed by atoms with Crippen molar-refractivity contribution < 1.29 is 13.2 Å². The van der Waals surface area contributed by atoms with Gasteiger partial charge in [0, 0.05) is 30.9 Å². The molecular formula is C20H26ClN3O3S. The van der Waals surface area contributed by atoms with Gasteiger partial charge in [-0.25, -0.2) is 13.1 Å². The van der Waals surface area contributed by atoms with E-state index in [0.717, 1.165) is 5.69 Å². The maximum atomic E-state index is 12.7. The lowest BCUT2D eigenvalue weighted by molar-refractivity contribution is 0.102. The molecule has 0 aromatic heterocycles. The second-order valence-corrected chi connectivity index (χ2v) is 9.94. The molecule has 8 heteroatoms. The molecule has 0 aliphatic carbocycles. The van der Waals surface area contributed by atoms with Crippen LogP contribution in [0.5, 0.6) is 0 Å². The predicted octanol–water partition coefficient (Wildman–Crippen LogP) is 4.04. The number of nitrogens with zero attached hydrogens (tertiary/aromatic N) is 1. The van der Waals surface area contributed by atoms with Gasteiger partial charge in [0.2, 0.25) is 10.0 Å². The molecule has 0 aliphatic heterocycles. The Balaban J connectivity index is 2.32.